The number of hydrogen-bond donors (Lipinski definition) is 0. The van der Waals surface area contributed by atoms with Crippen LogP contribution in [-0.2, 0) is 25.4 Å². The smallest absolute Gasteiger partial charge is 0.348 e. The lowest BCUT2D eigenvalue weighted by atomic mass is 10.3. The molecule has 0 saturated heterocycles. The number of benzene rings is 1. The Morgan fingerprint density at radius 2 is 1.83 bits per heavy atom. The minimum absolute atomic E-state index is 0.183. The van der Waals surface area contributed by atoms with Crippen LogP contribution in [0.3, 0.4) is 0 Å². The second-order valence-electron chi connectivity index (χ2n) is 6.75. The summed E-state index contributed by atoms with van der Waals surface area (Å²) in [6, 6.07) is 10.3. The molecule has 0 aliphatic carbocycles. The van der Waals surface area contributed by atoms with Gasteiger partial charge in [-0.1, -0.05) is 11.6 Å². The zero-order valence-electron chi connectivity index (χ0n) is 16.4. The molecule has 1 aromatic carbocycles. The fraction of sp³-hybridized carbons (Fsp3) is 0.200. The van der Waals surface area contributed by atoms with Crippen LogP contribution in [0, 0.1) is 6.92 Å². The highest BCUT2D eigenvalue weighted by Gasteiger charge is 2.19. The van der Waals surface area contributed by atoms with Crippen LogP contribution < -0.4 is 11.2 Å². The first-order valence-corrected chi connectivity index (χ1v) is 10.1. The third-order valence-corrected chi connectivity index (χ3v) is 6.14. The fourth-order valence-electron chi connectivity index (χ4n) is 3.03. The first-order chi connectivity index (χ1) is 14.3. The Balaban J connectivity index is 1.62. The number of nitrogens with zero attached hydrogens (tertiary/aromatic N) is 4. The SMILES string of the molecule is Cc1nn(-c2ccc(Cl)cc2)c2sc(C(=O)OCc3cc(=O)n(C)c(=O)n3C)cc12. The number of aromatic nitrogens is 4. The number of halogens is 1. The number of fused-ring (bicyclic) bond motifs is 1. The molecule has 4 rings (SSSR count). The van der Waals surface area contributed by atoms with Crippen LogP contribution in [0.1, 0.15) is 21.1 Å². The van der Waals surface area contributed by atoms with Crippen LogP contribution >= 0.6 is 22.9 Å². The van der Waals surface area contributed by atoms with Crippen molar-refractivity contribution in [1.29, 1.82) is 0 Å². The average Bonchev–Trinajstić information content (AvgIpc) is 3.29. The van der Waals surface area contributed by atoms with Crippen molar-refractivity contribution in [3.8, 4) is 5.69 Å². The number of thiophene rings is 1. The van der Waals surface area contributed by atoms with Crippen molar-refractivity contribution in [3.63, 3.8) is 0 Å². The van der Waals surface area contributed by atoms with Gasteiger partial charge in [0.2, 0.25) is 0 Å². The van der Waals surface area contributed by atoms with Crippen molar-refractivity contribution in [2.45, 2.75) is 13.5 Å². The van der Waals surface area contributed by atoms with Gasteiger partial charge in [-0.3, -0.25) is 13.9 Å². The standard InChI is InChI=1S/C20H17ClN4O4S/c1-11-15-9-16(30-18(15)25(22-11)13-6-4-12(21)5-7-13)19(27)29-10-14-8-17(26)24(3)20(28)23(14)2/h4-9H,10H2,1-3H3. The Kier molecular flexibility index (Phi) is 5.08. The lowest BCUT2D eigenvalue weighted by Gasteiger charge is -2.09. The maximum Gasteiger partial charge on any atom is 0.348 e. The summed E-state index contributed by atoms with van der Waals surface area (Å²) in [5.41, 5.74) is 0.999. The molecule has 0 bridgehead atoms. The van der Waals surface area contributed by atoms with Gasteiger partial charge < -0.3 is 4.74 Å². The molecule has 0 saturated carbocycles. The molecule has 0 radical (unpaired) electrons. The minimum Gasteiger partial charge on any atom is -0.455 e. The summed E-state index contributed by atoms with van der Waals surface area (Å²) in [6.45, 7) is 1.68. The molecule has 0 unspecified atom stereocenters. The van der Waals surface area contributed by atoms with Crippen molar-refractivity contribution >= 4 is 39.1 Å². The van der Waals surface area contributed by atoms with Crippen LogP contribution in [0.25, 0.3) is 15.9 Å². The molecule has 154 valence electrons. The lowest BCUT2D eigenvalue weighted by Crippen LogP contribution is -2.38. The van der Waals surface area contributed by atoms with Crippen molar-refractivity contribution in [2.24, 2.45) is 14.1 Å². The summed E-state index contributed by atoms with van der Waals surface area (Å²) in [4.78, 5) is 37.7. The van der Waals surface area contributed by atoms with Gasteiger partial charge in [0.25, 0.3) is 5.56 Å². The molecule has 0 N–H and O–H groups in total. The predicted octanol–water partition coefficient (Wildman–Crippen LogP) is 2.80. The van der Waals surface area contributed by atoms with E-state index in [2.05, 4.69) is 5.10 Å². The Bertz CT molecular complexity index is 1400. The number of ether oxygens (including phenoxy) is 1. The van der Waals surface area contributed by atoms with Gasteiger partial charge in [0.05, 0.1) is 17.1 Å². The Hall–Kier alpha value is -3.17. The molecule has 4 aromatic rings. The Morgan fingerprint density at radius 1 is 1.13 bits per heavy atom. The molecule has 0 fully saturated rings. The van der Waals surface area contributed by atoms with Crippen LogP contribution in [0.4, 0.5) is 0 Å². The number of esters is 1. The monoisotopic (exact) mass is 444 g/mol. The molecule has 0 amide bonds. The van der Waals surface area contributed by atoms with Crippen LogP contribution in [0.2, 0.25) is 5.02 Å². The highest BCUT2D eigenvalue weighted by molar-refractivity contribution is 7.20. The summed E-state index contributed by atoms with van der Waals surface area (Å²) in [6.07, 6.45) is 0. The van der Waals surface area contributed by atoms with E-state index in [0.29, 0.717) is 15.6 Å². The van der Waals surface area contributed by atoms with Crippen LogP contribution in [-0.4, -0.2) is 24.9 Å². The molecule has 0 atom stereocenters. The minimum atomic E-state index is -0.536. The van der Waals surface area contributed by atoms with Gasteiger partial charge in [0.15, 0.2) is 0 Å². The van der Waals surface area contributed by atoms with E-state index in [4.69, 9.17) is 16.3 Å². The Labute approximate surface area is 179 Å². The molecule has 3 heterocycles. The van der Waals surface area contributed by atoms with Crippen molar-refractivity contribution in [3.05, 3.63) is 78.5 Å². The van der Waals surface area contributed by atoms with Crippen LogP contribution in [0.15, 0.2) is 46.0 Å². The molecule has 3 aromatic heterocycles. The van der Waals surface area contributed by atoms with E-state index >= 15 is 0 Å². The van der Waals surface area contributed by atoms with E-state index in [1.54, 1.807) is 22.9 Å². The molecule has 0 spiro atoms. The molecular weight excluding hydrogens is 428 g/mol. The third kappa shape index (κ3) is 3.46. The largest absolute Gasteiger partial charge is 0.455 e. The van der Waals surface area contributed by atoms with E-state index in [1.165, 1.54) is 36.1 Å². The zero-order valence-corrected chi connectivity index (χ0v) is 18.0. The number of carbonyl (C=O) groups excluding carboxylic acids is 1. The van der Waals surface area contributed by atoms with Crippen molar-refractivity contribution < 1.29 is 9.53 Å². The topological polar surface area (TPSA) is 88.1 Å². The number of aryl methyl sites for hydroxylation is 1. The lowest BCUT2D eigenvalue weighted by molar-refractivity contribution is 0.0468. The van der Waals surface area contributed by atoms with Gasteiger partial charge in [-0.2, -0.15) is 5.10 Å². The van der Waals surface area contributed by atoms with E-state index < -0.39 is 17.2 Å². The first-order valence-electron chi connectivity index (χ1n) is 8.94. The molecule has 10 heteroatoms. The predicted molar refractivity (Wildman–Crippen MR) is 115 cm³/mol. The van der Waals surface area contributed by atoms with Crippen molar-refractivity contribution in [2.75, 3.05) is 0 Å². The molecule has 0 aliphatic heterocycles. The number of hydrogen-bond acceptors (Lipinski definition) is 6. The molecule has 8 nitrogen and oxygen atoms in total. The Morgan fingerprint density at radius 3 is 2.53 bits per heavy atom. The van der Waals surface area contributed by atoms with E-state index in [1.807, 2.05) is 19.1 Å². The van der Waals surface area contributed by atoms with E-state index in [0.717, 1.165) is 26.2 Å². The van der Waals surface area contributed by atoms with Gasteiger partial charge in [-0.25, -0.2) is 14.3 Å². The molecule has 0 aliphatic rings. The normalized spacial score (nSPS) is 11.2. The van der Waals surface area contributed by atoms with E-state index in [9.17, 15) is 14.4 Å². The summed E-state index contributed by atoms with van der Waals surface area (Å²) in [5, 5.41) is 6.01. The molecular formula is C20H17ClN4O4S. The average molecular weight is 445 g/mol. The molecule has 30 heavy (non-hydrogen) atoms. The first kappa shape index (κ1) is 20.1. The maximum atomic E-state index is 12.6. The van der Waals surface area contributed by atoms with Gasteiger partial charge in [-0.05, 0) is 37.3 Å². The zero-order chi connectivity index (χ0) is 21.6. The van der Waals surface area contributed by atoms with Crippen LogP contribution in [0.5, 0.6) is 0 Å². The van der Waals surface area contributed by atoms with Gasteiger partial charge >= 0.3 is 11.7 Å². The number of rotatable bonds is 4. The van der Waals surface area contributed by atoms with Gasteiger partial charge in [0, 0.05) is 30.6 Å². The maximum absolute atomic E-state index is 12.6. The third-order valence-electron chi connectivity index (χ3n) is 4.79. The second-order valence-corrected chi connectivity index (χ2v) is 8.22. The van der Waals surface area contributed by atoms with Crippen molar-refractivity contribution in [1.82, 2.24) is 18.9 Å². The number of carbonyl (C=O) groups is 1. The summed E-state index contributed by atoms with van der Waals surface area (Å²) in [7, 11) is 2.92. The van der Waals surface area contributed by atoms with Gasteiger partial charge in [0.1, 0.15) is 16.3 Å². The van der Waals surface area contributed by atoms with Gasteiger partial charge in [-0.15, -0.1) is 11.3 Å². The van der Waals surface area contributed by atoms with E-state index in [-0.39, 0.29) is 6.61 Å². The fourth-order valence-corrected chi connectivity index (χ4v) is 4.24. The summed E-state index contributed by atoms with van der Waals surface area (Å²) < 4.78 is 9.39. The summed E-state index contributed by atoms with van der Waals surface area (Å²) in [5.74, 6) is -0.536. The second kappa shape index (κ2) is 7.58. The highest BCUT2D eigenvalue weighted by atomic mass is 35.5. The highest BCUT2D eigenvalue weighted by Crippen LogP contribution is 2.31. The summed E-state index contributed by atoms with van der Waals surface area (Å²) >= 11 is 7.22. The quantitative estimate of drug-likeness (QED) is 0.451.